The third-order valence-corrected chi connectivity index (χ3v) is 4.94. The predicted octanol–water partition coefficient (Wildman–Crippen LogP) is 1.67. The molecule has 0 amide bonds. The molecule has 4 nitrogen and oxygen atoms in total. The molecule has 106 valence electrons. The molecule has 0 bridgehead atoms. The van der Waals surface area contributed by atoms with Gasteiger partial charge in [0.25, 0.3) is 0 Å². The number of nitrogens with zero attached hydrogens (tertiary/aromatic N) is 3. The largest absolute Gasteiger partial charge is 0.388 e. The van der Waals surface area contributed by atoms with Crippen LogP contribution in [0, 0.1) is 18.8 Å². The summed E-state index contributed by atoms with van der Waals surface area (Å²) in [7, 11) is 0. The molecule has 1 saturated carbocycles. The van der Waals surface area contributed by atoms with E-state index >= 15 is 0 Å². The van der Waals surface area contributed by atoms with Gasteiger partial charge in [0.1, 0.15) is 5.82 Å². The summed E-state index contributed by atoms with van der Waals surface area (Å²) in [6.07, 6.45) is 7.48. The van der Waals surface area contributed by atoms with Crippen molar-refractivity contribution in [3.8, 4) is 0 Å². The minimum Gasteiger partial charge on any atom is -0.388 e. The molecule has 1 saturated heterocycles. The van der Waals surface area contributed by atoms with Gasteiger partial charge in [0.05, 0.1) is 5.60 Å². The first-order chi connectivity index (χ1) is 9.09. The van der Waals surface area contributed by atoms with Gasteiger partial charge in [-0.2, -0.15) is 0 Å². The molecule has 2 aliphatic rings. The first-order valence-electron chi connectivity index (χ1n) is 7.52. The molecule has 1 aromatic rings. The minimum absolute atomic E-state index is 0.398. The molecule has 19 heavy (non-hydrogen) atoms. The van der Waals surface area contributed by atoms with Gasteiger partial charge in [-0.1, -0.05) is 6.92 Å². The van der Waals surface area contributed by atoms with Crippen LogP contribution in [0.4, 0.5) is 0 Å². The molecule has 4 heteroatoms. The smallest absolute Gasteiger partial charge is 0.105 e. The monoisotopic (exact) mass is 263 g/mol. The highest BCUT2D eigenvalue weighted by atomic mass is 16.3. The molecule has 0 unspecified atom stereocenters. The fourth-order valence-electron chi connectivity index (χ4n) is 3.51. The van der Waals surface area contributed by atoms with Crippen LogP contribution in [0.25, 0.3) is 0 Å². The molecule has 0 aromatic carbocycles. The zero-order valence-corrected chi connectivity index (χ0v) is 12.0. The Morgan fingerprint density at radius 2 is 2.21 bits per heavy atom. The van der Waals surface area contributed by atoms with E-state index in [0.29, 0.717) is 11.8 Å². The van der Waals surface area contributed by atoms with Gasteiger partial charge in [0, 0.05) is 32.0 Å². The Bertz CT molecular complexity index is 440. The summed E-state index contributed by atoms with van der Waals surface area (Å²) in [6.45, 7) is 8.29. The van der Waals surface area contributed by atoms with Gasteiger partial charge >= 0.3 is 0 Å². The van der Waals surface area contributed by atoms with Crippen LogP contribution >= 0.6 is 0 Å². The van der Waals surface area contributed by atoms with Crippen LogP contribution in [-0.4, -0.2) is 44.8 Å². The van der Waals surface area contributed by atoms with Crippen molar-refractivity contribution in [3.63, 3.8) is 0 Å². The van der Waals surface area contributed by atoms with Crippen LogP contribution < -0.4 is 0 Å². The molecular weight excluding hydrogens is 238 g/mol. The number of aromatic nitrogens is 2. The molecule has 0 radical (unpaired) electrons. The van der Waals surface area contributed by atoms with Crippen LogP contribution in [-0.2, 0) is 6.54 Å². The van der Waals surface area contributed by atoms with E-state index in [0.717, 1.165) is 38.4 Å². The lowest BCUT2D eigenvalue weighted by molar-refractivity contribution is -0.00412. The number of aliphatic hydroxyl groups is 1. The molecule has 1 aliphatic heterocycles. The Kier molecular flexibility index (Phi) is 3.39. The lowest BCUT2D eigenvalue weighted by atomic mass is 9.88. The molecule has 2 fully saturated rings. The second kappa shape index (κ2) is 4.91. The SMILES string of the molecule is Cc1nccn1CCCN1C[C@@H](C)[C@](O)(C2CC2)C1. The first-order valence-corrected chi connectivity index (χ1v) is 7.52. The van der Waals surface area contributed by atoms with Crippen molar-refractivity contribution in [2.24, 2.45) is 11.8 Å². The van der Waals surface area contributed by atoms with E-state index in [9.17, 15) is 5.11 Å². The highest BCUT2D eigenvalue weighted by molar-refractivity contribution is 5.04. The average Bonchev–Trinajstić information content (AvgIpc) is 3.09. The number of rotatable bonds is 5. The molecule has 0 spiro atoms. The van der Waals surface area contributed by atoms with Crippen molar-refractivity contribution in [3.05, 3.63) is 18.2 Å². The van der Waals surface area contributed by atoms with E-state index in [4.69, 9.17) is 0 Å². The van der Waals surface area contributed by atoms with Crippen molar-refractivity contribution in [1.82, 2.24) is 14.5 Å². The van der Waals surface area contributed by atoms with Gasteiger partial charge in [-0.25, -0.2) is 4.98 Å². The van der Waals surface area contributed by atoms with E-state index in [2.05, 4.69) is 21.4 Å². The molecule has 1 aliphatic carbocycles. The summed E-state index contributed by atoms with van der Waals surface area (Å²) in [4.78, 5) is 6.68. The zero-order chi connectivity index (χ0) is 13.5. The topological polar surface area (TPSA) is 41.3 Å². The fraction of sp³-hybridized carbons (Fsp3) is 0.800. The number of β-amino-alcohol motifs (C(OH)–C–C–N with tert-alkyl or cyclic N) is 1. The quantitative estimate of drug-likeness (QED) is 0.878. The Morgan fingerprint density at radius 1 is 1.42 bits per heavy atom. The van der Waals surface area contributed by atoms with Gasteiger partial charge in [-0.15, -0.1) is 0 Å². The lowest BCUT2D eigenvalue weighted by Gasteiger charge is -2.26. The van der Waals surface area contributed by atoms with Gasteiger partial charge in [0.15, 0.2) is 0 Å². The average molecular weight is 263 g/mol. The van der Waals surface area contributed by atoms with Crippen molar-refractivity contribution in [2.75, 3.05) is 19.6 Å². The van der Waals surface area contributed by atoms with Crippen LogP contribution in [0.5, 0.6) is 0 Å². The standard InChI is InChI=1S/C15H25N3O/c1-12-10-17(11-15(12,19)14-4-5-14)7-3-8-18-9-6-16-13(18)2/h6,9,12,14,19H,3-5,7-8,10-11H2,1-2H3/t12-,15+/m1/s1. The second-order valence-corrected chi connectivity index (χ2v) is 6.42. The normalized spacial score (nSPS) is 32.1. The van der Waals surface area contributed by atoms with E-state index in [1.807, 2.05) is 19.3 Å². The highest BCUT2D eigenvalue weighted by Crippen LogP contribution is 2.46. The Balaban J connectivity index is 1.48. The molecular formula is C15H25N3O. The molecule has 1 N–H and O–H groups in total. The summed E-state index contributed by atoms with van der Waals surface area (Å²) in [6, 6.07) is 0. The first kappa shape index (κ1) is 13.1. The maximum Gasteiger partial charge on any atom is 0.105 e. The minimum atomic E-state index is -0.398. The second-order valence-electron chi connectivity index (χ2n) is 6.42. The predicted molar refractivity (Wildman–Crippen MR) is 74.9 cm³/mol. The van der Waals surface area contributed by atoms with E-state index in [-0.39, 0.29) is 0 Å². The van der Waals surface area contributed by atoms with Gasteiger partial charge in [-0.3, -0.25) is 0 Å². The Morgan fingerprint density at radius 3 is 2.84 bits per heavy atom. The van der Waals surface area contributed by atoms with Crippen LogP contribution in [0.15, 0.2) is 12.4 Å². The fourth-order valence-corrected chi connectivity index (χ4v) is 3.51. The summed E-state index contributed by atoms with van der Waals surface area (Å²) >= 11 is 0. The third kappa shape index (κ3) is 2.56. The summed E-state index contributed by atoms with van der Waals surface area (Å²) in [5.74, 6) is 2.09. The zero-order valence-electron chi connectivity index (χ0n) is 12.0. The van der Waals surface area contributed by atoms with E-state index in [1.54, 1.807) is 0 Å². The van der Waals surface area contributed by atoms with Crippen molar-refractivity contribution in [1.29, 1.82) is 0 Å². The lowest BCUT2D eigenvalue weighted by Crippen LogP contribution is -2.39. The number of hydrogen-bond acceptors (Lipinski definition) is 3. The highest BCUT2D eigenvalue weighted by Gasteiger charge is 2.52. The summed E-state index contributed by atoms with van der Waals surface area (Å²) in [5.41, 5.74) is -0.398. The number of imidazole rings is 1. The van der Waals surface area contributed by atoms with E-state index < -0.39 is 5.60 Å². The van der Waals surface area contributed by atoms with E-state index in [1.165, 1.54) is 12.8 Å². The molecule has 3 rings (SSSR count). The third-order valence-electron chi connectivity index (χ3n) is 4.94. The molecule has 1 aromatic heterocycles. The number of hydrogen-bond donors (Lipinski definition) is 1. The Labute approximate surface area is 115 Å². The van der Waals surface area contributed by atoms with Gasteiger partial charge < -0.3 is 14.6 Å². The molecule has 2 heterocycles. The van der Waals surface area contributed by atoms with Crippen molar-refractivity contribution < 1.29 is 5.11 Å². The van der Waals surface area contributed by atoms with Crippen molar-refractivity contribution >= 4 is 0 Å². The van der Waals surface area contributed by atoms with Crippen LogP contribution in [0.2, 0.25) is 0 Å². The molecule has 2 atom stereocenters. The van der Waals surface area contributed by atoms with Crippen LogP contribution in [0.3, 0.4) is 0 Å². The van der Waals surface area contributed by atoms with Gasteiger partial charge in [-0.05, 0) is 44.6 Å². The van der Waals surface area contributed by atoms with Crippen LogP contribution in [0.1, 0.15) is 32.0 Å². The number of aryl methyl sites for hydroxylation is 2. The maximum atomic E-state index is 10.7. The van der Waals surface area contributed by atoms with Gasteiger partial charge in [0.2, 0.25) is 0 Å². The number of likely N-dealkylation sites (tertiary alicyclic amines) is 1. The van der Waals surface area contributed by atoms with Crippen molar-refractivity contribution in [2.45, 2.75) is 45.3 Å². The maximum absolute atomic E-state index is 10.7. The summed E-state index contributed by atoms with van der Waals surface area (Å²) in [5, 5.41) is 10.7. The Hall–Kier alpha value is -0.870. The summed E-state index contributed by atoms with van der Waals surface area (Å²) < 4.78 is 2.20.